The van der Waals surface area contributed by atoms with Crippen LogP contribution in [0.15, 0.2) is 43.0 Å². The van der Waals surface area contributed by atoms with Crippen molar-refractivity contribution in [1.29, 1.82) is 0 Å². The molecular weight excluding hydrogens is 310 g/mol. The molecule has 2 heterocycles. The molecule has 0 unspecified atom stereocenters. The van der Waals surface area contributed by atoms with E-state index in [1.54, 1.807) is 0 Å². The van der Waals surface area contributed by atoms with E-state index in [-0.39, 0.29) is 43.0 Å². The first-order valence-electron chi connectivity index (χ1n) is 8.19. The lowest BCUT2D eigenvalue weighted by atomic mass is 10.1. The number of aliphatic hydroxyl groups is 1. The number of rotatable bonds is 7. The summed E-state index contributed by atoms with van der Waals surface area (Å²) in [6.45, 7) is 4.17. The molecule has 0 spiro atoms. The van der Waals surface area contributed by atoms with Crippen LogP contribution in [-0.4, -0.2) is 54.7 Å². The third kappa shape index (κ3) is 3.84. The maximum Gasteiger partial charge on any atom is 0.243 e. The first-order valence-corrected chi connectivity index (χ1v) is 8.19. The average molecular weight is 333 g/mol. The van der Waals surface area contributed by atoms with E-state index in [2.05, 4.69) is 11.9 Å². The second-order valence-electron chi connectivity index (χ2n) is 6.06. The number of hydrogen-bond donors (Lipinski definition) is 2. The van der Waals surface area contributed by atoms with E-state index in [1.165, 1.54) is 6.08 Å². The molecule has 3 rings (SSSR count). The zero-order chi connectivity index (χ0) is 16.9. The summed E-state index contributed by atoms with van der Waals surface area (Å²) >= 11 is 0. The van der Waals surface area contributed by atoms with Crippen molar-refractivity contribution in [3.8, 4) is 0 Å². The van der Waals surface area contributed by atoms with Crippen molar-refractivity contribution in [2.24, 2.45) is 0 Å². The highest BCUT2D eigenvalue weighted by atomic mass is 16.6. The lowest BCUT2D eigenvalue weighted by Crippen LogP contribution is -2.38. The molecule has 6 heteroatoms. The Kier molecular flexibility index (Phi) is 5.63. The molecule has 5 atom stereocenters. The lowest BCUT2D eigenvalue weighted by Gasteiger charge is -2.23. The van der Waals surface area contributed by atoms with E-state index in [1.807, 2.05) is 30.3 Å². The van der Waals surface area contributed by atoms with Gasteiger partial charge in [-0.3, -0.25) is 4.79 Å². The molecule has 24 heavy (non-hydrogen) atoms. The fourth-order valence-electron chi connectivity index (χ4n) is 3.23. The van der Waals surface area contributed by atoms with Gasteiger partial charge in [0.25, 0.3) is 0 Å². The number of ether oxygens (including phenoxy) is 3. The standard InChI is InChI=1S/C18H23NO5/c1-2-16(21)19-9-13-8-14-18(23-13)17(15(10-20)24-14)22-11-12-6-4-3-5-7-12/h2-7,13-15,17-18,20H,1,8-11H2,(H,19,21)/t13-,14-,15+,17+,18+/m0/s1. The van der Waals surface area contributed by atoms with Crippen molar-refractivity contribution in [3.63, 3.8) is 0 Å². The lowest BCUT2D eigenvalue weighted by molar-refractivity contribution is -0.118. The van der Waals surface area contributed by atoms with Gasteiger partial charge < -0.3 is 24.6 Å². The van der Waals surface area contributed by atoms with E-state index in [4.69, 9.17) is 14.2 Å². The molecule has 0 radical (unpaired) electrons. The molecule has 1 aromatic carbocycles. The Labute approximate surface area is 141 Å². The van der Waals surface area contributed by atoms with E-state index in [0.29, 0.717) is 19.6 Å². The summed E-state index contributed by atoms with van der Waals surface area (Å²) in [4.78, 5) is 11.3. The second kappa shape index (κ2) is 7.90. The molecule has 2 aliphatic rings. The van der Waals surface area contributed by atoms with Gasteiger partial charge in [-0.1, -0.05) is 36.9 Å². The number of fused-ring (bicyclic) bond motifs is 1. The molecule has 0 aromatic heterocycles. The molecule has 0 saturated carbocycles. The minimum absolute atomic E-state index is 0.103. The van der Waals surface area contributed by atoms with Crippen molar-refractivity contribution >= 4 is 5.91 Å². The van der Waals surface area contributed by atoms with Gasteiger partial charge in [0.1, 0.15) is 18.3 Å². The second-order valence-corrected chi connectivity index (χ2v) is 6.06. The van der Waals surface area contributed by atoms with Gasteiger partial charge in [0.05, 0.1) is 25.4 Å². The van der Waals surface area contributed by atoms with Crippen molar-refractivity contribution < 1.29 is 24.1 Å². The number of benzene rings is 1. The molecular formula is C18H23NO5. The van der Waals surface area contributed by atoms with Crippen LogP contribution in [0.3, 0.4) is 0 Å². The summed E-state index contributed by atoms with van der Waals surface area (Å²) in [6, 6.07) is 9.85. The quantitative estimate of drug-likeness (QED) is 0.722. The van der Waals surface area contributed by atoms with Gasteiger partial charge in [-0.2, -0.15) is 0 Å². The van der Waals surface area contributed by atoms with Gasteiger partial charge in [-0.05, 0) is 11.6 Å². The normalized spacial score (nSPS) is 31.6. The molecule has 2 aliphatic heterocycles. The molecule has 2 N–H and O–H groups in total. The van der Waals surface area contributed by atoms with Crippen molar-refractivity contribution in [2.45, 2.75) is 43.5 Å². The maximum atomic E-state index is 11.3. The number of carbonyl (C=O) groups excluding carboxylic acids is 1. The van der Waals surface area contributed by atoms with Gasteiger partial charge in [0, 0.05) is 13.0 Å². The highest BCUT2D eigenvalue weighted by Gasteiger charge is 2.51. The zero-order valence-corrected chi connectivity index (χ0v) is 13.5. The van der Waals surface area contributed by atoms with Crippen molar-refractivity contribution in [3.05, 3.63) is 48.6 Å². The fourth-order valence-corrected chi connectivity index (χ4v) is 3.23. The van der Waals surface area contributed by atoms with Gasteiger partial charge in [-0.15, -0.1) is 0 Å². The fraction of sp³-hybridized carbons (Fsp3) is 0.500. The third-order valence-electron chi connectivity index (χ3n) is 4.41. The highest BCUT2D eigenvalue weighted by molar-refractivity contribution is 5.86. The monoisotopic (exact) mass is 333 g/mol. The number of nitrogens with one attached hydrogen (secondary N) is 1. The molecule has 1 aromatic rings. The number of amides is 1. The van der Waals surface area contributed by atoms with E-state index in [0.717, 1.165) is 5.56 Å². The van der Waals surface area contributed by atoms with Crippen LogP contribution in [0.2, 0.25) is 0 Å². The van der Waals surface area contributed by atoms with E-state index < -0.39 is 0 Å². The topological polar surface area (TPSA) is 77.0 Å². The molecule has 0 aliphatic carbocycles. The molecule has 1 amide bonds. The van der Waals surface area contributed by atoms with Crippen LogP contribution >= 0.6 is 0 Å². The van der Waals surface area contributed by atoms with E-state index in [9.17, 15) is 9.90 Å². The van der Waals surface area contributed by atoms with Crippen LogP contribution in [0.25, 0.3) is 0 Å². The van der Waals surface area contributed by atoms with Crippen LogP contribution in [0, 0.1) is 0 Å². The van der Waals surface area contributed by atoms with E-state index >= 15 is 0 Å². The molecule has 2 fully saturated rings. The average Bonchev–Trinajstić information content (AvgIpc) is 3.15. The Balaban J connectivity index is 1.56. The predicted molar refractivity (Wildman–Crippen MR) is 87.3 cm³/mol. The summed E-state index contributed by atoms with van der Waals surface area (Å²) in [7, 11) is 0. The van der Waals surface area contributed by atoms with Crippen molar-refractivity contribution in [1.82, 2.24) is 5.32 Å². The summed E-state index contributed by atoms with van der Waals surface area (Å²) in [5, 5.41) is 12.3. The van der Waals surface area contributed by atoms with Crippen LogP contribution < -0.4 is 5.32 Å². The smallest absolute Gasteiger partial charge is 0.243 e. The first-order chi connectivity index (χ1) is 11.7. The zero-order valence-electron chi connectivity index (χ0n) is 13.5. The number of hydrogen-bond acceptors (Lipinski definition) is 5. The molecule has 2 saturated heterocycles. The Morgan fingerprint density at radius 3 is 2.88 bits per heavy atom. The van der Waals surface area contributed by atoms with Crippen LogP contribution in [0.1, 0.15) is 12.0 Å². The summed E-state index contributed by atoms with van der Waals surface area (Å²) in [5.74, 6) is -0.221. The number of aliphatic hydroxyl groups excluding tert-OH is 1. The molecule has 0 bridgehead atoms. The Morgan fingerprint density at radius 2 is 2.17 bits per heavy atom. The Morgan fingerprint density at radius 1 is 1.38 bits per heavy atom. The molecule has 130 valence electrons. The Bertz CT molecular complexity index is 564. The van der Waals surface area contributed by atoms with Crippen LogP contribution in [-0.2, 0) is 25.6 Å². The summed E-state index contributed by atoms with van der Waals surface area (Å²) < 4.78 is 17.9. The van der Waals surface area contributed by atoms with Crippen molar-refractivity contribution in [2.75, 3.05) is 13.2 Å². The molecule has 6 nitrogen and oxygen atoms in total. The predicted octanol–water partition coefficient (Wildman–Crippen LogP) is 0.791. The minimum atomic E-state index is -0.382. The number of carbonyl (C=O) groups is 1. The Hall–Kier alpha value is -1.73. The third-order valence-corrected chi connectivity index (χ3v) is 4.41. The first kappa shape index (κ1) is 17.1. The summed E-state index contributed by atoms with van der Waals surface area (Å²) in [5.41, 5.74) is 1.06. The summed E-state index contributed by atoms with van der Waals surface area (Å²) in [6.07, 6.45) is 0.744. The van der Waals surface area contributed by atoms with Crippen LogP contribution in [0.4, 0.5) is 0 Å². The maximum absolute atomic E-state index is 11.3. The van der Waals surface area contributed by atoms with Gasteiger partial charge >= 0.3 is 0 Å². The largest absolute Gasteiger partial charge is 0.394 e. The van der Waals surface area contributed by atoms with Crippen LogP contribution in [0.5, 0.6) is 0 Å². The highest BCUT2D eigenvalue weighted by Crippen LogP contribution is 2.36. The van der Waals surface area contributed by atoms with Gasteiger partial charge in [-0.25, -0.2) is 0 Å². The van der Waals surface area contributed by atoms with Gasteiger partial charge in [0.15, 0.2) is 0 Å². The minimum Gasteiger partial charge on any atom is -0.394 e. The van der Waals surface area contributed by atoms with Gasteiger partial charge in [0.2, 0.25) is 5.91 Å². The SMILES string of the molecule is C=CC(=O)NC[C@@H]1C[C@@H]2O[C@H](CO)[C@@H](OCc3ccccc3)[C@@H]2O1.